The van der Waals surface area contributed by atoms with Gasteiger partial charge in [0.15, 0.2) is 0 Å². The number of hydrogen-bond acceptors (Lipinski definition) is 4. The zero-order valence-electron chi connectivity index (χ0n) is 16.0. The molecule has 0 bridgehead atoms. The van der Waals surface area contributed by atoms with Crippen molar-refractivity contribution >= 4 is 0 Å². The van der Waals surface area contributed by atoms with Gasteiger partial charge in [0, 0.05) is 0 Å². The van der Waals surface area contributed by atoms with Crippen molar-refractivity contribution in [2.24, 2.45) is 11.8 Å². The van der Waals surface area contributed by atoms with Crippen LogP contribution in [-0.4, -0.2) is 24.4 Å². The quantitative estimate of drug-likeness (QED) is 0.262. The minimum Gasteiger partial charge on any atom is -0.236 e. The molecular formula is C18H38O4. The van der Waals surface area contributed by atoms with Crippen LogP contribution >= 0.6 is 0 Å². The summed E-state index contributed by atoms with van der Waals surface area (Å²) in [6.45, 7) is 18.0. The topological polar surface area (TPSA) is 36.9 Å². The third-order valence-corrected chi connectivity index (χ3v) is 3.18. The van der Waals surface area contributed by atoms with E-state index in [2.05, 4.69) is 55.4 Å². The number of unbranched alkanes of at least 4 members (excludes halogenated alkanes) is 1. The van der Waals surface area contributed by atoms with Crippen LogP contribution in [0, 0.1) is 11.8 Å². The third kappa shape index (κ3) is 13.5. The first-order valence-corrected chi connectivity index (χ1v) is 8.65. The first-order valence-electron chi connectivity index (χ1n) is 8.65. The molecule has 22 heavy (non-hydrogen) atoms. The van der Waals surface area contributed by atoms with Crippen LogP contribution in [0.25, 0.3) is 0 Å². The molecule has 4 nitrogen and oxygen atoms in total. The molecule has 0 aliphatic heterocycles. The zero-order valence-corrected chi connectivity index (χ0v) is 16.0. The normalized spacial score (nSPS) is 13.4. The molecule has 0 saturated carbocycles. The molecular weight excluding hydrogens is 280 g/mol. The van der Waals surface area contributed by atoms with Crippen LogP contribution in [-0.2, 0) is 19.6 Å². The molecule has 0 aromatic carbocycles. The van der Waals surface area contributed by atoms with Gasteiger partial charge in [-0.25, -0.2) is 19.6 Å². The molecule has 0 rings (SSSR count). The largest absolute Gasteiger partial charge is 0.236 e. The monoisotopic (exact) mass is 318 g/mol. The Hall–Kier alpha value is -0.160. The van der Waals surface area contributed by atoms with Crippen molar-refractivity contribution in [1.82, 2.24) is 0 Å². The van der Waals surface area contributed by atoms with Gasteiger partial charge >= 0.3 is 0 Å². The molecule has 0 atom stereocenters. The second-order valence-corrected chi connectivity index (χ2v) is 8.25. The van der Waals surface area contributed by atoms with E-state index in [1.165, 1.54) is 0 Å². The second kappa shape index (κ2) is 10.6. The summed E-state index contributed by atoms with van der Waals surface area (Å²) >= 11 is 0. The van der Waals surface area contributed by atoms with E-state index in [1.807, 2.05) is 0 Å². The molecule has 0 unspecified atom stereocenters. The predicted molar refractivity (Wildman–Crippen MR) is 90.4 cm³/mol. The van der Waals surface area contributed by atoms with E-state index < -0.39 is 0 Å². The lowest BCUT2D eigenvalue weighted by atomic mass is 9.96. The van der Waals surface area contributed by atoms with E-state index in [1.54, 1.807) is 0 Å². The summed E-state index contributed by atoms with van der Waals surface area (Å²) in [4.78, 5) is 21.6. The highest BCUT2D eigenvalue weighted by Crippen LogP contribution is 2.23. The molecule has 0 radical (unpaired) electrons. The smallest absolute Gasteiger partial charge is 0.0980 e. The second-order valence-electron chi connectivity index (χ2n) is 8.25. The van der Waals surface area contributed by atoms with Crippen molar-refractivity contribution < 1.29 is 19.6 Å². The van der Waals surface area contributed by atoms with Crippen molar-refractivity contribution in [2.75, 3.05) is 13.2 Å². The Morgan fingerprint density at radius 1 is 0.636 bits per heavy atom. The summed E-state index contributed by atoms with van der Waals surface area (Å²) < 4.78 is 0. The number of rotatable bonds is 13. The summed E-state index contributed by atoms with van der Waals surface area (Å²) in [6.07, 6.45) is 4.09. The fourth-order valence-electron chi connectivity index (χ4n) is 1.84. The summed E-state index contributed by atoms with van der Waals surface area (Å²) in [6, 6.07) is 0. The van der Waals surface area contributed by atoms with Gasteiger partial charge in [0.1, 0.15) is 0 Å². The van der Waals surface area contributed by atoms with Crippen LogP contribution in [0.1, 0.15) is 81.1 Å². The van der Waals surface area contributed by atoms with Crippen LogP contribution in [0.4, 0.5) is 0 Å². The third-order valence-electron chi connectivity index (χ3n) is 3.18. The van der Waals surface area contributed by atoms with Crippen molar-refractivity contribution in [3.8, 4) is 0 Å². The zero-order chi connectivity index (χ0) is 17.2. The molecule has 0 aromatic heterocycles. The molecule has 0 aliphatic rings. The molecule has 0 saturated heterocycles. The van der Waals surface area contributed by atoms with Crippen LogP contribution in [0.2, 0.25) is 0 Å². The first-order chi connectivity index (χ1) is 10.0. The predicted octanol–water partition coefficient (Wildman–Crippen LogP) is 5.31. The lowest BCUT2D eigenvalue weighted by Gasteiger charge is -2.26. The van der Waals surface area contributed by atoms with Crippen LogP contribution in [0.15, 0.2) is 0 Å². The molecule has 0 heterocycles. The van der Waals surface area contributed by atoms with E-state index >= 15 is 0 Å². The van der Waals surface area contributed by atoms with Gasteiger partial charge in [0.2, 0.25) is 0 Å². The van der Waals surface area contributed by atoms with E-state index in [9.17, 15) is 0 Å². The van der Waals surface area contributed by atoms with Gasteiger partial charge in [0.25, 0.3) is 0 Å². The summed E-state index contributed by atoms with van der Waals surface area (Å²) in [7, 11) is 0. The van der Waals surface area contributed by atoms with Gasteiger partial charge < -0.3 is 0 Å². The molecule has 0 spiro atoms. The highest BCUT2D eigenvalue weighted by Gasteiger charge is 2.23. The van der Waals surface area contributed by atoms with E-state index in [0.29, 0.717) is 25.0 Å². The lowest BCUT2D eigenvalue weighted by molar-refractivity contribution is -0.360. The van der Waals surface area contributed by atoms with E-state index in [0.717, 1.165) is 25.7 Å². The minimum absolute atomic E-state index is 0.242. The van der Waals surface area contributed by atoms with Crippen LogP contribution in [0.3, 0.4) is 0 Å². The first kappa shape index (κ1) is 21.8. The minimum atomic E-state index is -0.242. The van der Waals surface area contributed by atoms with Crippen molar-refractivity contribution in [2.45, 2.75) is 92.3 Å². The SMILES string of the molecule is CC(C)COOC(C)(C)CCCCC(C)(C)OOCC(C)C. The van der Waals surface area contributed by atoms with E-state index in [4.69, 9.17) is 19.6 Å². The maximum Gasteiger partial charge on any atom is 0.0980 e. The average Bonchev–Trinajstić information content (AvgIpc) is 2.33. The summed E-state index contributed by atoms with van der Waals surface area (Å²) in [5.74, 6) is 0.971. The Kier molecular flexibility index (Phi) is 10.5. The molecule has 0 N–H and O–H groups in total. The van der Waals surface area contributed by atoms with Crippen molar-refractivity contribution in [3.05, 3.63) is 0 Å². The Labute approximate surface area is 137 Å². The lowest BCUT2D eigenvalue weighted by Crippen LogP contribution is -2.27. The highest BCUT2D eigenvalue weighted by molar-refractivity contribution is 4.70. The highest BCUT2D eigenvalue weighted by atomic mass is 17.2. The standard InChI is InChI=1S/C18H38O4/c1-15(2)13-19-21-17(5,6)11-9-10-12-18(7,8)22-20-14-16(3)4/h15-16H,9-14H2,1-8H3. The molecule has 0 fully saturated rings. The fourth-order valence-corrected chi connectivity index (χ4v) is 1.84. The van der Waals surface area contributed by atoms with Gasteiger partial charge in [-0.1, -0.05) is 40.5 Å². The molecule has 0 aromatic rings. The maximum atomic E-state index is 5.51. The van der Waals surface area contributed by atoms with Gasteiger partial charge in [-0.05, 0) is 52.4 Å². The van der Waals surface area contributed by atoms with E-state index in [-0.39, 0.29) is 11.2 Å². The van der Waals surface area contributed by atoms with Crippen LogP contribution in [0.5, 0.6) is 0 Å². The van der Waals surface area contributed by atoms with Gasteiger partial charge in [-0.15, -0.1) is 0 Å². The van der Waals surface area contributed by atoms with Gasteiger partial charge in [-0.2, -0.15) is 0 Å². The molecule has 0 aliphatic carbocycles. The summed E-state index contributed by atoms with van der Waals surface area (Å²) in [5, 5.41) is 0. The Morgan fingerprint density at radius 3 is 1.23 bits per heavy atom. The van der Waals surface area contributed by atoms with Crippen molar-refractivity contribution in [3.63, 3.8) is 0 Å². The van der Waals surface area contributed by atoms with Crippen molar-refractivity contribution in [1.29, 1.82) is 0 Å². The molecule has 0 amide bonds. The Morgan fingerprint density at radius 2 is 0.955 bits per heavy atom. The Balaban J connectivity index is 3.80. The molecule has 4 heteroatoms. The molecule has 134 valence electrons. The fraction of sp³-hybridized carbons (Fsp3) is 1.00. The summed E-state index contributed by atoms with van der Waals surface area (Å²) in [5.41, 5.74) is -0.484. The van der Waals surface area contributed by atoms with Crippen LogP contribution < -0.4 is 0 Å². The Bertz CT molecular complexity index is 244. The van der Waals surface area contributed by atoms with Gasteiger partial charge in [-0.3, -0.25) is 0 Å². The maximum absolute atomic E-state index is 5.51. The average molecular weight is 318 g/mol. The number of hydrogen-bond donors (Lipinski definition) is 0. The van der Waals surface area contributed by atoms with Gasteiger partial charge in [0.05, 0.1) is 24.4 Å².